The first-order chi connectivity index (χ1) is 11.8. The minimum absolute atomic E-state index is 0.513. The molecule has 0 atom stereocenters. The van der Waals surface area contributed by atoms with Crippen LogP contribution in [0.25, 0.3) is 11.1 Å². The summed E-state index contributed by atoms with van der Waals surface area (Å²) in [6.07, 6.45) is 5.68. The number of benzene rings is 3. The van der Waals surface area contributed by atoms with Crippen molar-refractivity contribution in [2.24, 2.45) is 0 Å². The largest absolute Gasteiger partial charge is 0.497 e. The van der Waals surface area contributed by atoms with Gasteiger partial charge in [0.05, 0.1) is 7.11 Å². The molecule has 0 aliphatic carbocycles. The molecular weight excluding hydrogens is 296 g/mol. The summed E-state index contributed by atoms with van der Waals surface area (Å²) in [6.45, 7) is 0.513. The Morgan fingerprint density at radius 1 is 0.875 bits per heavy atom. The fourth-order valence-electron chi connectivity index (χ4n) is 2.55. The molecule has 0 aliphatic heterocycles. The standard InChI is InChI=1S/C22H18O2/c1-3-18-15-19(23-2)13-14-20(18)21-11-7-8-12-22(21)24-16-17-9-5-4-6-10-17/h1,4-15H,16H2,2H3. The van der Waals surface area contributed by atoms with Crippen LogP contribution < -0.4 is 9.47 Å². The molecule has 0 spiro atoms. The zero-order valence-electron chi connectivity index (χ0n) is 13.5. The molecule has 2 nitrogen and oxygen atoms in total. The fourth-order valence-corrected chi connectivity index (χ4v) is 2.55. The molecule has 0 aromatic heterocycles. The third-order valence-electron chi connectivity index (χ3n) is 3.80. The topological polar surface area (TPSA) is 18.5 Å². The molecule has 3 rings (SSSR count). The SMILES string of the molecule is C#Cc1cc(OC)ccc1-c1ccccc1OCc1ccccc1. The van der Waals surface area contributed by atoms with Crippen molar-refractivity contribution in [1.82, 2.24) is 0 Å². The molecule has 0 unspecified atom stereocenters. The first kappa shape index (κ1) is 15.7. The molecular formula is C22H18O2. The van der Waals surface area contributed by atoms with Crippen molar-refractivity contribution in [3.05, 3.63) is 83.9 Å². The molecule has 118 valence electrons. The molecule has 0 saturated heterocycles. The monoisotopic (exact) mass is 314 g/mol. The Hall–Kier alpha value is -3.18. The number of para-hydroxylation sites is 1. The number of ether oxygens (including phenoxy) is 2. The van der Waals surface area contributed by atoms with Gasteiger partial charge in [-0.05, 0) is 29.8 Å². The van der Waals surface area contributed by atoms with Crippen molar-refractivity contribution in [1.29, 1.82) is 0 Å². The van der Waals surface area contributed by atoms with E-state index in [-0.39, 0.29) is 0 Å². The third-order valence-corrected chi connectivity index (χ3v) is 3.80. The molecule has 3 aromatic rings. The molecule has 0 aliphatic rings. The van der Waals surface area contributed by atoms with Crippen LogP contribution in [0, 0.1) is 12.3 Å². The van der Waals surface area contributed by atoms with E-state index in [2.05, 4.69) is 5.92 Å². The highest BCUT2D eigenvalue weighted by Crippen LogP contribution is 2.34. The van der Waals surface area contributed by atoms with Gasteiger partial charge in [0.15, 0.2) is 0 Å². The summed E-state index contributed by atoms with van der Waals surface area (Å²) in [4.78, 5) is 0. The highest BCUT2D eigenvalue weighted by molar-refractivity contribution is 5.76. The Bertz CT molecular complexity index is 861. The number of rotatable bonds is 5. The highest BCUT2D eigenvalue weighted by atomic mass is 16.5. The molecule has 2 heteroatoms. The van der Waals surface area contributed by atoms with Gasteiger partial charge in [-0.15, -0.1) is 6.42 Å². The average Bonchev–Trinajstić information content (AvgIpc) is 2.67. The number of methoxy groups -OCH3 is 1. The van der Waals surface area contributed by atoms with Gasteiger partial charge in [-0.2, -0.15) is 0 Å². The lowest BCUT2D eigenvalue weighted by molar-refractivity contribution is 0.307. The Morgan fingerprint density at radius 2 is 1.62 bits per heavy atom. The molecule has 0 N–H and O–H groups in total. The van der Waals surface area contributed by atoms with Crippen LogP contribution in [0.15, 0.2) is 72.8 Å². The summed E-state index contributed by atoms with van der Waals surface area (Å²) in [6, 6.07) is 23.8. The van der Waals surface area contributed by atoms with Crippen LogP contribution >= 0.6 is 0 Å². The van der Waals surface area contributed by atoms with E-state index in [0.717, 1.165) is 33.8 Å². The third kappa shape index (κ3) is 3.42. The maximum Gasteiger partial charge on any atom is 0.127 e. The van der Waals surface area contributed by atoms with Crippen molar-refractivity contribution in [2.45, 2.75) is 6.61 Å². The molecule has 0 saturated carbocycles. The van der Waals surface area contributed by atoms with Gasteiger partial charge in [-0.1, -0.05) is 54.5 Å². The van der Waals surface area contributed by atoms with Gasteiger partial charge in [0.25, 0.3) is 0 Å². The molecule has 0 radical (unpaired) electrons. The number of hydrogen-bond acceptors (Lipinski definition) is 2. The lowest BCUT2D eigenvalue weighted by Crippen LogP contribution is -1.97. The molecule has 24 heavy (non-hydrogen) atoms. The first-order valence-corrected chi connectivity index (χ1v) is 7.72. The maximum absolute atomic E-state index is 6.03. The molecule has 3 aromatic carbocycles. The van der Waals surface area contributed by atoms with Crippen molar-refractivity contribution >= 4 is 0 Å². The van der Waals surface area contributed by atoms with Crippen LogP contribution in [0.2, 0.25) is 0 Å². The van der Waals surface area contributed by atoms with Crippen molar-refractivity contribution in [2.75, 3.05) is 7.11 Å². The van der Waals surface area contributed by atoms with Crippen LogP contribution in [0.3, 0.4) is 0 Å². The van der Waals surface area contributed by atoms with E-state index in [4.69, 9.17) is 15.9 Å². The fraction of sp³-hybridized carbons (Fsp3) is 0.0909. The van der Waals surface area contributed by atoms with Crippen molar-refractivity contribution in [3.8, 4) is 35.0 Å². The maximum atomic E-state index is 6.03. The second-order valence-corrected chi connectivity index (χ2v) is 5.33. The van der Waals surface area contributed by atoms with Crippen LogP contribution in [-0.4, -0.2) is 7.11 Å². The van der Waals surface area contributed by atoms with E-state index in [1.54, 1.807) is 7.11 Å². The Balaban J connectivity index is 1.94. The Morgan fingerprint density at radius 3 is 2.38 bits per heavy atom. The summed E-state index contributed by atoms with van der Waals surface area (Å²) in [5.41, 5.74) is 3.84. The van der Waals surface area contributed by atoms with E-state index in [0.29, 0.717) is 6.61 Å². The quantitative estimate of drug-likeness (QED) is 0.622. The van der Waals surface area contributed by atoms with E-state index in [1.165, 1.54) is 0 Å². The molecule has 0 heterocycles. The van der Waals surface area contributed by atoms with Gasteiger partial charge in [-0.3, -0.25) is 0 Å². The normalized spacial score (nSPS) is 10.0. The lowest BCUT2D eigenvalue weighted by atomic mass is 9.99. The Kier molecular flexibility index (Phi) is 4.84. The minimum Gasteiger partial charge on any atom is -0.497 e. The minimum atomic E-state index is 0.513. The predicted octanol–water partition coefficient (Wildman–Crippen LogP) is 4.92. The Labute approximate surface area is 142 Å². The molecule has 0 amide bonds. The van der Waals surface area contributed by atoms with Crippen LogP contribution in [0.1, 0.15) is 11.1 Å². The zero-order chi connectivity index (χ0) is 16.8. The van der Waals surface area contributed by atoms with Crippen molar-refractivity contribution in [3.63, 3.8) is 0 Å². The second kappa shape index (κ2) is 7.39. The summed E-state index contributed by atoms with van der Waals surface area (Å²) in [5, 5.41) is 0. The van der Waals surface area contributed by atoms with Gasteiger partial charge < -0.3 is 9.47 Å². The van der Waals surface area contributed by atoms with Gasteiger partial charge in [0, 0.05) is 16.7 Å². The summed E-state index contributed by atoms with van der Waals surface area (Å²) < 4.78 is 11.3. The van der Waals surface area contributed by atoms with Crippen molar-refractivity contribution < 1.29 is 9.47 Å². The van der Waals surface area contributed by atoms with Crippen LogP contribution in [0.4, 0.5) is 0 Å². The first-order valence-electron chi connectivity index (χ1n) is 7.72. The van der Waals surface area contributed by atoms with Crippen LogP contribution in [-0.2, 0) is 6.61 Å². The number of hydrogen-bond donors (Lipinski definition) is 0. The number of terminal acetylenes is 1. The van der Waals surface area contributed by atoms with E-state index < -0.39 is 0 Å². The summed E-state index contributed by atoms with van der Waals surface area (Å²) >= 11 is 0. The summed E-state index contributed by atoms with van der Waals surface area (Å²) in [5.74, 6) is 4.29. The van der Waals surface area contributed by atoms with Gasteiger partial charge in [-0.25, -0.2) is 0 Å². The zero-order valence-corrected chi connectivity index (χ0v) is 13.5. The smallest absolute Gasteiger partial charge is 0.127 e. The van der Waals surface area contributed by atoms with E-state index in [9.17, 15) is 0 Å². The summed E-state index contributed by atoms with van der Waals surface area (Å²) in [7, 11) is 1.63. The second-order valence-electron chi connectivity index (χ2n) is 5.33. The predicted molar refractivity (Wildman–Crippen MR) is 97.1 cm³/mol. The van der Waals surface area contributed by atoms with E-state index >= 15 is 0 Å². The molecule has 0 fully saturated rings. The van der Waals surface area contributed by atoms with Crippen LogP contribution in [0.5, 0.6) is 11.5 Å². The van der Waals surface area contributed by atoms with E-state index in [1.807, 2.05) is 72.8 Å². The van der Waals surface area contributed by atoms with Gasteiger partial charge in [0.2, 0.25) is 0 Å². The molecule has 0 bridgehead atoms. The van der Waals surface area contributed by atoms with Gasteiger partial charge >= 0.3 is 0 Å². The highest BCUT2D eigenvalue weighted by Gasteiger charge is 2.10. The lowest BCUT2D eigenvalue weighted by Gasteiger charge is -2.14. The average molecular weight is 314 g/mol. The van der Waals surface area contributed by atoms with Gasteiger partial charge in [0.1, 0.15) is 18.1 Å².